The Morgan fingerprint density at radius 2 is 1.83 bits per heavy atom. The van der Waals surface area contributed by atoms with Crippen LogP contribution in [0.4, 0.5) is 13.2 Å². The first kappa shape index (κ1) is 14.2. The number of nitrogens with zero attached hydrogens (tertiary/aromatic N) is 3. The Balaban J connectivity index is 1.77. The summed E-state index contributed by atoms with van der Waals surface area (Å²) >= 11 is 4.91. The van der Waals surface area contributed by atoms with Gasteiger partial charge in [0.1, 0.15) is 5.01 Å². The Labute approximate surface area is 116 Å². The van der Waals surface area contributed by atoms with E-state index in [2.05, 4.69) is 25.8 Å². The average Bonchev–Trinajstić information content (AvgIpc) is 2.65. The summed E-state index contributed by atoms with van der Waals surface area (Å²) in [6, 6.07) is 0. The van der Waals surface area contributed by atoms with Crippen LogP contribution in [0.1, 0.15) is 5.01 Å². The van der Waals surface area contributed by atoms with E-state index in [1.54, 1.807) is 17.5 Å². The summed E-state index contributed by atoms with van der Waals surface area (Å²) in [6.07, 6.45) is -2.34. The number of hydrogen-bond donors (Lipinski definition) is 0. The van der Waals surface area contributed by atoms with Crippen molar-refractivity contribution in [1.29, 1.82) is 0 Å². The van der Waals surface area contributed by atoms with E-state index in [9.17, 15) is 13.2 Å². The van der Waals surface area contributed by atoms with E-state index in [-0.39, 0.29) is 0 Å². The maximum Gasteiger partial charge on any atom is 0.401 e. The molecule has 0 saturated carbocycles. The fourth-order valence-corrected chi connectivity index (χ4v) is 3.26. The average molecular weight is 344 g/mol. The van der Waals surface area contributed by atoms with Gasteiger partial charge in [0.25, 0.3) is 0 Å². The normalized spacial score (nSPS) is 19.3. The highest BCUT2D eigenvalue weighted by Crippen LogP contribution is 2.21. The molecule has 1 fully saturated rings. The van der Waals surface area contributed by atoms with Crippen molar-refractivity contribution in [2.45, 2.75) is 12.7 Å². The molecule has 3 nitrogen and oxygen atoms in total. The fourth-order valence-electron chi connectivity index (χ4n) is 1.91. The molecule has 0 aliphatic carbocycles. The Morgan fingerprint density at radius 1 is 1.22 bits per heavy atom. The topological polar surface area (TPSA) is 19.4 Å². The van der Waals surface area contributed by atoms with Crippen LogP contribution in [0.15, 0.2) is 9.98 Å². The lowest BCUT2D eigenvalue weighted by molar-refractivity contribution is -0.149. The van der Waals surface area contributed by atoms with Gasteiger partial charge in [-0.05, 0) is 15.9 Å². The van der Waals surface area contributed by atoms with Crippen LogP contribution in [0.3, 0.4) is 0 Å². The zero-order chi connectivity index (χ0) is 13.2. The molecule has 1 saturated heterocycles. The number of hydrogen-bond acceptors (Lipinski definition) is 4. The quantitative estimate of drug-likeness (QED) is 0.840. The molecule has 0 N–H and O–H groups in total. The van der Waals surface area contributed by atoms with Crippen LogP contribution in [0, 0.1) is 0 Å². The van der Waals surface area contributed by atoms with Crippen molar-refractivity contribution < 1.29 is 13.2 Å². The molecule has 18 heavy (non-hydrogen) atoms. The van der Waals surface area contributed by atoms with E-state index in [1.165, 1.54) is 4.90 Å². The molecule has 2 heterocycles. The second kappa shape index (κ2) is 5.85. The lowest BCUT2D eigenvalue weighted by atomic mass is 10.3. The molecule has 0 amide bonds. The molecule has 0 atom stereocenters. The molecular weight excluding hydrogens is 331 g/mol. The highest BCUT2D eigenvalue weighted by Gasteiger charge is 2.32. The van der Waals surface area contributed by atoms with Crippen LogP contribution in [-0.4, -0.2) is 53.7 Å². The van der Waals surface area contributed by atoms with Crippen LogP contribution >= 0.6 is 27.3 Å². The molecule has 8 heteroatoms. The summed E-state index contributed by atoms with van der Waals surface area (Å²) in [4.78, 5) is 7.81. The van der Waals surface area contributed by atoms with Gasteiger partial charge in [-0.15, -0.1) is 11.3 Å². The summed E-state index contributed by atoms with van der Waals surface area (Å²) in [5, 5.41) is 0.992. The third-order valence-electron chi connectivity index (χ3n) is 2.75. The minimum absolute atomic E-state index is 0.464. The Morgan fingerprint density at radius 3 is 2.33 bits per heavy atom. The second-order valence-electron chi connectivity index (χ2n) is 4.23. The molecule has 1 aromatic rings. The van der Waals surface area contributed by atoms with Crippen LogP contribution in [0.5, 0.6) is 0 Å². The predicted octanol–water partition coefficient (Wildman–Crippen LogP) is 2.59. The lowest BCUT2D eigenvalue weighted by Gasteiger charge is -2.34. The van der Waals surface area contributed by atoms with Crippen LogP contribution in [-0.2, 0) is 6.54 Å². The first-order chi connectivity index (χ1) is 8.42. The minimum Gasteiger partial charge on any atom is -0.294 e. The van der Waals surface area contributed by atoms with Crippen molar-refractivity contribution in [2.24, 2.45) is 0 Å². The van der Waals surface area contributed by atoms with Gasteiger partial charge in [-0.25, -0.2) is 4.98 Å². The molecular formula is C10H13BrF3N3S. The molecule has 0 bridgehead atoms. The monoisotopic (exact) mass is 343 g/mol. The van der Waals surface area contributed by atoms with E-state index in [1.807, 2.05) is 0 Å². The molecule has 1 aliphatic rings. The molecule has 0 aromatic carbocycles. The van der Waals surface area contributed by atoms with Gasteiger partial charge in [0.15, 0.2) is 0 Å². The SMILES string of the molecule is FC(F)(F)CN1CCN(Cc2ncc(Br)s2)CC1. The van der Waals surface area contributed by atoms with Gasteiger partial charge in [0.2, 0.25) is 0 Å². The zero-order valence-corrected chi connectivity index (χ0v) is 12.0. The van der Waals surface area contributed by atoms with Gasteiger partial charge in [-0.2, -0.15) is 13.2 Å². The number of rotatable bonds is 3. The fraction of sp³-hybridized carbons (Fsp3) is 0.700. The van der Waals surface area contributed by atoms with Gasteiger partial charge in [-0.3, -0.25) is 9.80 Å². The Bertz CT molecular complexity index is 388. The summed E-state index contributed by atoms with van der Waals surface area (Å²) in [5.41, 5.74) is 0. The highest BCUT2D eigenvalue weighted by atomic mass is 79.9. The van der Waals surface area contributed by atoms with Gasteiger partial charge in [0.05, 0.1) is 23.1 Å². The van der Waals surface area contributed by atoms with E-state index >= 15 is 0 Å². The molecule has 0 spiro atoms. The maximum absolute atomic E-state index is 12.2. The van der Waals surface area contributed by atoms with Crippen LogP contribution in [0.2, 0.25) is 0 Å². The summed E-state index contributed by atoms with van der Waals surface area (Å²) < 4.78 is 37.6. The maximum atomic E-state index is 12.2. The molecule has 1 aromatic heterocycles. The third-order valence-corrected chi connectivity index (χ3v) is 4.21. The number of aromatic nitrogens is 1. The molecule has 2 rings (SSSR count). The number of piperazine rings is 1. The highest BCUT2D eigenvalue weighted by molar-refractivity contribution is 9.11. The van der Waals surface area contributed by atoms with Gasteiger partial charge in [-0.1, -0.05) is 0 Å². The lowest BCUT2D eigenvalue weighted by Crippen LogP contribution is -2.48. The van der Waals surface area contributed by atoms with Gasteiger partial charge < -0.3 is 0 Å². The van der Waals surface area contributed by atoms with Gasteiger partial charge >= 0.3 is 6.18 Å². The van der Waals surface area contributed by atoms with E-state index in [4.69, 9.17) is 0 Å². The number of thiazole rings is 1. The van der Waals surface area contributed by atoms with Crippen molar-refractivity contribution in [1.82, 2.24) is 14.8 Å². The smallest absolute Gasteiger partial charge is 0.294 e. The predicted molar refractivity (Wildman–Crippen MR) is 67.6 cm³/mol. The number of alkyl halides is 3. The summed E-state index contributed by atoms with van der Waals surface area (Å²) in [7, 11) is 0. The summed E-state index contributed by atoms with van der Waals surface area (Å²) in [5.74, 6) is 0. The number of halogens is 4. The zero-order valence-electron chi connectivity index (χ0n) is 9.58. The minimum atomic E-state index is -4.09. The van der Waals surface area contributed by atoms with Crippen molar-refractivity contribution >= 4 is 27.3 Å². The molecule has 0 radical (unpaired) electrons. The molecule has 1 aliphatic heterocycles. The first-order valence-electron chi connectivity index (χ1n) is 5.54. The first-order valence-corrected chi connectivity index (χ1v) is 7.15. The second-order valence-corrected chi connectivity index (χ2v) is 6.72. The van der Waals surface area contributed by atoms with Gasteiger partial charge in [0, 0.05) is 26.2 Å². The van der Waals surface area contributed by atoms with E-state index in [0.29, 0.717) is 26.2 Å². The molecule has 0 unspecified atom stereocenters. The van der Waals surface area contributed by atoms with Crippen LogP contribution in [0.25, 0.3) is 0 Å². The van der Waals surface area contributed by atoms with Crippen molar-refractivity contribution in [2.75, 3.05) is 32.7 Å². The van der Waals surface area contributed by atoms with Crippen molar-refractivity contribution in [3.05, 3.63) is 15.0 Å². The largest absolute Gasteiger partial charge is 0.401 e. The van der Waals surface area contributed by atoms with E-state index in [0.717, 1.165) is 15.3 Å². The third kappa shape index (κ3) is 4.49. The Kier molecular flexibility index (Phi) is 4.63. The molecule has 102 valence electrons. The van der Waals surface area contributed by atoms with E-state index < -0.39 is 12.7 Å². The van der Waals surface area contributed by atoms with Crippen molar-refractivity contribution in [3.63, 3.8) is 0 Å². The van der Waals surface area contributed by atoms with Crippen LogP contribution < -0.4 is 0 Å². The standard InChI is InChI=1S/C10H13BrF3N3S/c11-8-5-15-9(18-8)6-16-1-3-17(4-2-16)7-10(12,13)14/h5H,1-4,6-7H2. The Hall–Kier alpha value is -0.180. The van der Waals surface area contributed by atoms with Crippen molar-refractivity contribution in [3.8, 4) is 0 Å². The summed E-state index contributed by atoms with van der Waals surface area (Å²) in [6.45, 7) is 2.17.